The summed E-state index contributed by atoms with van der Waals surface area (Å²) in [6, 6.07) is 5.34. The zero-order valence-corrected chi connectivity index (χ0v) is 11.3. The third kappa shape index (κ3) is 3.44. The van der Waals surface area contributed by atoms with E-state index in [4.69, 9.17) is 5.73 Å². The molecule has 0 aromatic heterocycles. The van der Waals surface area contributed by atoms with Crippen LogP contribution in [0, 0.1) is 17.0 Å². The minimum absolute atomic E-state index is 0.0719. The smallest absolute Gasteiger partial charge is 0.292 e. The Balaban J connectivity index is 2.21. The molecular weight excluding hydrogens is 242 g/mol. The van der Waals surface area contributed by atoms with E-state index in [1.807, 2.05) is 13.0 Å². The molecule has 1 fully saturated rings. The summed E-state index contributed by atoms with van der Waals surface area (Å²) >= 11 is 0. The number of rotatable bonds is 3. The van der Waals surface area contributed by atoms with Crippen LogP contribution < -0.4 is 11.1 Å². The van der Waals surface area contributed by atoms with E-state index in [1.165, 1.54) is 6.42 Å². The summed E-state index contributed by atoms with van der Waals surface area (Å²) in [7, 11) is 0. The fourth-order valence-electron chi connectivity index (χ4n) is 2.64. The van der Waals surface area contributed by atoms with Crippen molar-refractivity contribution >= 4 is 11.4 Å². The van der Waals surface area contributed by atoms with Gasteiger partial charge >= 0.3 is 0 Å². The number of nitrogens with zero attached hydrogens (tertiary/aromatic N) is 1. The van der Waals surface area contributed by atoms with Gasteiger partial charge in [0.05, 0.1) is 4.92 Å². The molecule has 1 aliphatic rings. The summed E-state index contributed by atoms with van der Waals surface area (Å²) in [4.78, 5) is 10.7. The average Bonchev–Trinajstić information content (AvgIpc) is 2.55. The Morgan fingerprint density at radius 3 is 2.79 bits per heavy atom. The third-order valence-corrected chi connectivity index (χ3v) is 3.76. The number of nitrogens with two attached hydrogens (primary N) is 1. The molecule has 2 rings (SSSR count). The summed E-state index contributed by atoms with van der Waals surface area (Å²) in [5, 5.41) is 14.4. The highest BCUT2D eigenvalue weighted by Crippen LogP contribution is 2.28. The second-order valence-electron chi connectivity index (χ2n) is 5.33. The summed E-state index contributed by atoms with van der Waals surface area (Å²) in [5.74, 6) is 0. The van der Waals surface area contributed by atoms with Gasteiger partial charge in [-0.3, -0.25) is 10.1 Å². The normalized spacial score (nSPS) is 23.7. The maximum absolute atomic E-state index is 11.1. The first-order valence-electron chi connectivity index (χ1n) is 6.85. The lowest BCUT2D eigenvalue weighted by molar-refractivity contribution is -0.384. The van der Waals surface area contributed by atoms with Crippen molar-refractivity contribution in [2.24, 2.45) is 5.73 Å². The molecule has 0 radical (unpaired) electrons. The highest BCUT2D eigenvalue weighted by atomic mass is 16.6. The second kappa shape index (κ2) is 6.02. The summed E-state index contributed by atoms with van der Waals surface area (Å²) < 4.78 is 0. The Morgan fingerprint density at radius 1 is 1.32 bits per heavy atom. The van der Waals surface area contributed by atoms with E-state index >= 15 is 0 Å². The lowest BCUT2D eigenvalue weighted by Crippen LogP contribution is -2.39. The Hall–Kier alpha value is -1.62. The Bertz CT molecular complexity index is 462. The van der Waals surface area contributed by atoms with E-state index in [1.54, 1.807) is 12.1 Å². The predicted octanol–water partition coefficient (Wildman–Crippen LogP) is 2.98. The lowest BCUT2D eigenvalue weighted by Gasteiger charge is -2.23. The lowest BCUT2D eigenvalue weighted by atomic mass is 10.0. The minimum atomic E-state index is -0.343. The highest BCUT2D eigenvalue weighted by Gasteiger charge is 2.23. The highest BCUT2D eigenvalue weighted by molar-refractivity contribution is 5.63. The van der Waals surface area contributed by atoms with Crippen molar-refractivity contribution in [2.75, 3.05) is 5.32 Å². The fourth-order valence-corrected chi connectivity index (χ4v) is 2.64. The van der Waals surface area contributed by atoms with Crippen molar-refractivity contribution in [1.29, 1.82) is 0 Å². The molecule has 104 valence electrons. The first-order chi connectivity index (χ1) is 9.08. The molecule has 1 saturated carbocycles. The molecule has 0 amide bonds. The monoisotopic (exact) mass is 263 g/mol. The molecule has 0 bridgehead atoms. The third-order valence-electron chi connectivity index (χ3n) is 3.76. The molecular formula is C14H21N3O2. The Kier molecular flexibility index (Phi) is 4.37. The van der Waals surface area contributed by atoms with Gasteiger partial charge in [0.25, 0.3) is 5.69 Å². The maximum atomic E-state index is 11.1. The van der Waals surface area contributed by atoms with Crippen LogP contribution in [0.1, 0.15) is 37.7 Å². The Labute approximate surface area is 113 Å². The van der Waals surface area contributed by atoms with Gasteiger partial charge in [0.2, 0.25) is 0 Å². The summed E-state index contributed by atoms with van der Waals surface area (Å²) in [6.45, 7) is 1.93. The number of aryl methyl sites for hydroxylation is 1. The van der Waals surface area contributed by atoms with Crippen molar-refractivity contribution < 1.29 is 4.92 Å². The zero-order chi connectivity index (χ0) is 13.8. The molecule has 5 heteroatoms. The van der Waals surface area contributed by atoms with Crippen LogP contribution in [-0.2, 0) is 0 Å². The number of nitro groups is 1. The van der Waals surface area contributed by atoms with Crippen LogP contribution in [0.2, 0.25) is 0 Å². The number of hydrogen-bond acceptors (Lipinski definition) is 4. The van der Waals surface area contributed by atoms with Gasteiger partial charge in [-0.25, -0.2) is 0 Å². The van der Waals surface area contributed by atoms with Crippen molar-refractivity contribution in [1.82, 2.24) is 0 Å². The van der Waals surface area contributed by atoms with Crippen LogP contribution in [0.25, 0.3) is 0 Å². The van der Waals surface area contributed by atoms with Crippen LogP contribution >= 0.6 is 0 Å². The molecule has 0 aliphatic heterocycles. The molecule has 0 spiro atoms. The maximum Gasteiger partial charge on any atom is 0.292 e. The topological polar surface area (TPSA) is 81.2 Å². The predicted molar refractivity (Wildman–Crippen MR) is 76.3 cm³/mol. The Morgan fingerprint density at radius 2 is 2.05 bits per heavy atom. The SMILES string of the molecule is Cc1ccc([N+](=O)[O-])c(NC2CCCCCC2N)c1. The number of nitro benzene ring substituents is 1. The van der Waals surface area contributed by atoms with Crippen LogP contribution in [0.5, 0.6) is 0 Å². The molecule has 1 aliphatic carbocycles. The first kappa shape index (κ1) is 13.8. The van der Waals surface area contributed by atoms with Crippen molar-refractivity contribution in [2.45, 2.75) is 51.1 Å². The molecule has 3 N–H and O–H groups in total. The van der Waals surface area contributed by atoms with E-state index in [0.717, 1.165) is 31.2 Å². The number of benzene rings is 1. The van der Waals surface area contributed by atoms with Crippen molar-refractivity contribution in [3.8, 4) is 0 Å². The minimum Gasteiger partial charge on any atom is -0.375 e. The van der Waals surface area contributed by atoms with Crippen LogP contribution in [0.15, 0.2) is 18.2 Å². The number of anilines is 1. The second-order valence-corrected chi connectivity index (χ2v) is 5.33. The first-order valence-corrected chi connectivity index (χ1v) is 6.85. The van der Waals surface area contributed by atoms with Gasteiger partial charge < -0.3 is 11.1 Å². The van der Waals surface area contributed by atoms with Gasteiger partial charge in [0.15, 0.2) is 0 Å². The molecule has 19 heavy (non-hydrogen) atoms. The van der Waals surface area contributed by atoms with E-state index in [9.17, 15) is 10.1 Å². The summed E-state index contributed by atoms with van der Waals surface area (Å²) in [5.41, 5.74) is 7.89. The van der Waals surface area contributed by atoms with Gasteiger partial charge in [-0.2, -0.15) is 0 Å². The van der Waals surface area contributed by atoms with Crippen LogP contribution in [0.3, 0.4) is 0 Å². The van der Waals surface area contributed by atoms with Crippen LogP contribution in [-0.4, -0.2) is 17.0 Å². The van der Waals surface area contributed by atoms with Gasteiger partial charge in [-0.1, -0.05) is 25.3 Å². The standard InChI is InChI=1S/C14H21N3O2/c1-10-7-8-14(17(18)19)13(9-10)16-12-6-4-2-3-5-11(12)15/h7-9,11-12,16H,2-6,15H2,1H3. The van der Waals surface area contributed by atoms with Gasteiger partial charge in [-0.05, 0) is 31.4 Å². The number of nitrogens with one attached hydrogen (secondary N) is 1. The number of hydrogen-bond donors (Lipinski definition) is 2. The summed E-state index contributed by atoms with van der Waals surface area (Å²) in [6.07, 6.45) is 5.44. The van der Waals surface area contributed by atoms with Crippen LogP contribution in [0.4, 0.5) is 11.4 Å². The molecule has 2 atom stereocenters. The van der Waals surface area contributed by atoms with E-state index in [0.29, 0.717) is 5.69 Å². The largest absolute Gasteiger partial charge is 0.375 e. The quantitative estimate of drug-likeness (QED) is 0.499. The fraction of sp³-hybridized carbons (Fsp3) is 0.571. The molecule has 0 heterocycles. The van der Waals surface area contributed by atoms with E-state index in [2.05, 4.69) is 5.32 Å². The zero-order valence-electron chi connectivity index (χ0n) is 11.3. The molecule has 0 saturated heterocycles. The molecule has 1 aromatic carbocycles. The van der Waals surface area contributed by atoms with E-state index in [-0.39, 0.29) is 22.7 Å². The van der Waals surface area contributed by atoms with Crippen molar-refractivity contribution in [3.63, 3.8) is 0 Å². The molecule has 5 nitrogen and oxygen atoms in total. The molecule has 2 unspecified atom stereocenters. The van der Waals surface area contributed by atoms with Gasteiger partial charge in [0.1, 0.15) is 5.69 Å². The van der Waals surface area contributed by atoms with Gasteiger partial charge in [-0.15, -0.1) is 0 Å². The van der Waals surface area contributed by atoms with Crippen molar-refractivity contribution in [3.05, 3.63) is 33.9 Å². The van der Waals surface area contributed by atoms with E-state index < -0.39 is 0 Å². The van der Waals surface area contributed by atoms with Gasteiger partial charge in [0, 0.05) is 18.2 Å². The molecule has 1 aromatic rings. The average molecular weight is 263 g/mol.